The Bertz CT molecular complexity index is 742. The number of carbonyl (C=O) groups excluding carboxylic acids is 1. The van der Waals surface area contributed by atoms with E-state index in [1.165, 1.54) is 18.2 Å². The molecule has 0 saturated carbocycles. The van der Waals surface area contributed by atoms with Gasteiger partial charge in [0.2, 0.25) is 11.1 Å². The van der Waals surface area contributed by atoms with Gasteiger partial charge in [-0.05, 0) is 61.2 Å². The first-order valence-electron chi connectivity index (χ1n) is 8.49. The summed E-state index contributed by atoms with van der Waals surface area (Å²) in [6.07, 6.45) is 3.37. The number of ether oxygens (including phenoxy) is 1. The van der Waals surface area contributed by atoms with Crippen LogP contribution in [0.15, 0.2) is 23.4 Å². The molecule has 0 unspecified atom stereocenters. The molecule has 0 radical (unpaired) electrons. The van der Waals surface area contributed by atoms with Gasteiger partial charge in [-0.1, -0.05) is 17.8 Å². The number of tetrazole rings is 1. The minimum Gasteiger partial charge on any atom is -0.494 e. The minimum atomic E-state index is -0.237. The maximum Gasteiger partial charge on any atom is 0.235 e. The van der Waals surface area contributed by atoms with E-state index in [-0.39, 0.29) is 11.2 Å². The summed E-state index contributed by atoms with van der Waals surface area (Å²) >= 11 is 1.38. The van der Waals surface area contributed by atoms with Crippen LogP contribution in [0.25, 0.3) is 5.69 Å². The first-order chi connectivity index (χ1) is 12.1. The average Bonchev–Trinajstić information content (AvgIpc) is 3.09. The lowest BCUT2D eigenvalue weighted by molar-refractivity contribution is -0.131. The highest BCUT2D eigenvalue weighted by Gasteiger charge is 2.25. The van der Waals surface area contributed by atoms with Crippen molar-refractivity contribution in [3.63, 3.8) is 0 Å². The molecular formula is C17H23N5O2S. The number of piperidine rings is 1. The number of hydrogen-bond acceptors (Lipinski definition) is 6. The Hall–Kier alpha value is -2.09. The monoisotopic (exact) mass is 361 g/mol. The fourth-order valence-electron chi connectivity index (χ4n) is 2.95. The van der Waals surface area contributed by atoms with Gasteiger partial charge in [0.1, 0.15) is 11.4 Å². The molecule has 0 aliphatic carbocycles. The van der Waals surface area contributed by atoms with Crippen molar-refractivity contribution in [1.29, 1.82) is 0 Å². The van der Waals surface area contributed by atoms with Gasteiger partial charge in [0.15, 0.2) is 0 Å². The van der Waals surface area contributed by atoms with Crippen LogP contribution < -0.4 is 4.74 Å². The van der Waals surface area contributed by atoms with Gasteiger partial charge in [0, 0.05) is 13.1 Å². The zero-order valence-corrected chi connectivity index (χ0v) is 15.6. The second-order valence-corrected chi connectivity index (χ2v) is 7.50. The summed E-state index contributed by atoms with van der Waals surface area (Å²) in [6.45, 7) is 5.61. The first kappa shape index (κ1) is 17.7. The van der Waals surface area contributed by atoms with Crippen molar-refractivity contribution < 1.29 is 9.53 Å². The van der Waals surface area contributed by atoms with Crippen LogP contribution in [0.1, 0.15) is 31.7 Å². The van der Waals surface area contributed by atoms with Crippen molar-refractivity contribution in [2.45, 2.75) is 43.5 Å². The van der Waals surface area contributed by atoms with Crippen molar-refractivity contribution in [3.05, 3.63) is 23.8 Å². The molecule has 3 rings (SSSR count). The normalized spacial score (nSPS) is 15.9. The quantitative estimate of drug-likeness (QED) is 0.762. The van der Waals surface area contributed by atoms with Crippen molar-refractivity contribution in [2.75, 3.05) is 20.2 Å². The fraction of sp³-hybridized carbons (Fsp3) is 0.529. The van der Waals surface area contributed by atoms with Crippen molar-refractivity contribution in [2.24, 2.45) is 0 Å². The van der Waals surface area contributed by atoms with Gasteiger partial charge >= 0.3 is 0 Å². The third-order valence-corrected chi connectivity index (χ3v) is 5.32. The zero-order chi connectivity index (χ0) is 17.8. The molecule has 1 aliphatic rings. The van der Waals surface area contributed by atoms with E-state index in [2.05, 4.69) is 15.5 Å². The van der Waals surface area contributed by atoms with Crippen LogP contribution in [0, 0.1) is 6.92 Å². The first-order valence-corrected chi connectivity index (χ1v) is 9.37. The third-order valence-electron chi connectivity index (χ3n) is 4.30. The highest BCUT2D eigenvalue weighted by molar-refractivity contribution is 8.00. The molecular weight excluding hydrogens is 338 g/mol. The lowest BCUT2D eigenvalue weighted by Gasteiger charge is -2.28. The van der Waals surface area contributed by atoms with E-state index >= 15 is 0 Å². The van der Waals surface area contributed by atoms with Gasteiger partial charge in [0.05, 0.1) is 12.4 Å². The smallest absolute Gasteiger partial charge is 0.235 e. The summed E-state index contributed by atoms with van der Waals surface area (Å²) in [6, 6.07) is 5.83. The van der Waals surface area contributed by atoms with E-state index in [0.29, 0.717) is 10.9 Å². The maximum atomic E-state index is 12.7. The molecule has 7 nitrogen and oxygen atoms in total. The van der Waals surface area contributed by atoms with E-state index < -0.39 is 0 Å². The van der Waals surface area contributed by atoms with Gasteiger partial charge in [-0.2, -0.15) is 4.68 Å². The predicted molar refractivity (Wildman–Crippen MR) is 96.2 cm³/mol. The summed E-state index contributed by atoms with van der Waals surface area (Å²) in [5.74, 6) is 0.838. The molecule has 0 bridgehead atoms. The molecule has 2 aromatic rings. The summed E-state index contributed by atoms with van der Waals surface area (Å²) in [5.41, 5.74) is 1.85. The molecule has 1 aromatic heterocycles. The number of likely N-dealkylation sites (tertiary alicyclic amines) is 1. The molecule has 134 valence electrons. The Balaban J connectivity index is 1.80. The molecule has 1 amide bonds. The number of aromatic nitrogens is 4. The highest BCUT2D eigenvalue weighted by Crippen LogP contribution is 2.29. The van der Waals surface area contributed by atoms with Crippen LogP contribution in [0.4, 0.5) is 0 Å². The number of benzene rings is 1. The van der Waals surface area contributed by atoms with Crippen LogP contribution in [0.3, 0.4) is 0 Å². The number of amides is 1. The van der Waals surface area contributed by atoms with Crippen molar-refractivity contribution >= 4 is 17.7 Å². The second kappa shape index (κ2) is 7.86. The average molecular weight is 361 g/mol. The summed E-state index contributed by atoms with van der Waals surface area (Å²) < 4.78 is 7.06. The van der Waals surface area contributed by atoms with Gasteiger partial charge in [-0.15, -0.1) is 5.10 Å². The van der Waals surface area contributed by atoms with Crippen LogP contribution in [-0.4, -0.2) is 56.5 Å². The molecule has 0 spiro atoms. The second-order valence-electron chi connectivity index (χ2n) is 6.19. The summed E-state index contributed by atoms with van der Waals surface area (Å²) in [5, 5.41) is 12.3. The maximum absolute atomic E-state index is 12.7. The topological polar surface area (TPSA) is 73.1 Å². The number of nitrogens with zero attached hydrogens (tertiary/aromatic N) is 5. The van der Waals surface area contributed by atoms with E-state index in [9.17, 15) is 4.79 Å². The Kier molecular flexibility index (Phi) is 5.57. The molecule has 8 heteroatoms. The Morgan fingerprint density at radius 2 is 2.04 bits per heavy atom. The number of methoxy groups -OCH3 is 1. The van der Waals surface area contributed by atoms with Gasteiger partial charge in [-0.25, -0.2) is 0 Å². The third kappa shape index (κ3) is 3.95. The SMILES string of the molecule is COc1ccc(C)cc1-n1nnnc1S[C@@H](C)C(=O)N1CCCCC1. The summed E-state index contributed by atoms with van der Waals surface area (Å²) in [7, 11) is 1.62. The number of thioether (sulfide) groups is 1. The van der Waals surface area contributed by atoms with E-state index in [1.807, 2.05) is 36.9 Å². The van der Waals surface area contributed by atoms with Crippen LogP contribution in [-0.2, 0) is 4.79 Å². The number of hydrogen-bond donors (Lipinski definition) is 0. The number of rotatable bonds is 5. The lowest BCUT2D eigenvalue weighted by atomic mass is 10.1. The van der Waals surface area contributed by atoms with Crippen molar-refractivity contribution in [1.82, 2.24) is 25.1 Å². The van der Waals surface area contributed by atoms with Crippen LogP contribution in [0.2, 0.25) is 0 Å². The lowest BCUT2D eigenvalue weighted by Crippen LogP contribution is -2.40. The Labute approximate surface area is 151 Å². The highest BCUT2D eigenvalue weighted by atomic mass is 32.2. The van der Waals surface area contributed by atoms with E-state index in [0.717, 1.165) is 37.2 Å². The molecule has 1 fully saturated rings. The zero-order valence-electron chi connectivity index (χ0n) is 14.8. The Morgan fingerprint density at radius 3 is 2.76 bits per heavy atom. The molecule has 25 heavy (non-hydrogen) atoms. The molecule has 0 N–H and O–H groups in total. The molecule has 1 atom stereocenters. The van der Waals surface area contributed by atoms with Gasteiger partial charge in [0.25, 0.3) is 0 Å². The minimum absolute atomic E-state index is 0.149. The summed E-state index contributed by atoms with van der Waals surface area (Å²) in [4.78, 5) is 14.6. The molecule has 1 aromatic carbocycles. The largest absolute Gasteiger partial charge is 0.494 e. The number of aryl methyl sites for hydroxylation is 1. The van der Waals surface area contributed by atoms with Crippen LogP contribution in [0.5, 0.6) is 5.75 Å². The van der Waals surface area contributed by atoms with Gasteiger partial charge < -0.3 is 9.64 Å². The van der Waals surface area contributed by atoms with E-state index in [4.69, 9.17) is 4.74 Å². The molecule has 1 saturated heterocycles. The molecule has 2 heterocycles. The van der Waals surface area contributed by atoms with Crippen LogP contribution >= 0.6 is 11.8 Å². The molecule has 1 aliphatic heterocycles. The van der Waals surface area contributed by atoms with E-state index in [1.54, 1.807) is 11.8 Å². The van der Waals surface area contributed by atoms with Gasteiger partial charge in [-0.3, -0.25) is 4.79 Å². The fourth-order valence-corrected chi connectivity index (χ4v) is 3.83. The number of carbonyl (C=O) groups is 1. The van der Waals surface area contributed by atoms with Crippen molar-refractivity contribution in [3.8, 4) is 11.4 Å². The Morgan fingerprint density at radius 1 is 1.28 bits per heavy atom. The predicted octanol–water partition coefficient (Wildman–Crippen LogP) is 2.47. The standard InChI is InChI=1S/C17H23N5O2S/c1-12-7-8-15(24-3)14(11-12)22-17(18-19-20-22)25-13(2)16(23)21-9-5-4-6-10-21/h7-8,11,13H,4-6,9-10H2,1-3H3/t13-/m0/s1.